The lowest BCUT2D eigenvalue weighted by Gasteiger charge is -2.10. The number of hydrogen-bond acceptors (Lipinski definition) is 4. The second kappa shape index (κ2) is 7.13. The summed E-state index contributed by atoms with van der Waals surface area (Å²) >= 11 is 0. The van der Waals surface area contributed by atoms with E-state index < -0.39 is 11.6 Å². The number of nitrogens with one attached hydrogen (secondary N) is 2. The fourth-order valence-electron chi connectivity index (χ4n) is 1.86. The number of carbonyl (C=O) groups excluding carboxylic acids is 1. The Morgan fingerprint density at radius 1 is 1.22 bits per heavy atom. The van der Waals surface area contributed by atoms with Crippen molar-refractivity contribution in [1.82, 2.24) is 15.3 Å². The first-order valence-electron chi connectivity index (χ1n) is 7.21. The number of benzene rings is 1. The highest BCUT2D eigenvalue weighted by Crippen LogP contribution is 2.20. The molecule has 5 nitrogen and oxygen atoms in total. The van der Waals surface area contributed by atoms with Crippen LogP contribution in [0.2, 0.25) is 0 Å². The van der Waals surface area contributed by atoms with Gasteiger partial charge in [-0.2, -0.15) is 0 Å². The second-order valence-corrected chi connectivity index (χ2v) is 5.54. The highest BCUT2D eigenvalue weighted by atomic mass is 19.1. The van der Waals surface area contributed by atoms with Gasteiger partial charge in [0.25, 0.3) is 5.91 Å². The van der Waals surface area contributed by atoms with Crippen molar-refractivity contribution in [1.29, 1.82) is 0 Å². The van der Waals surface area contributed by atoms with Gasteiger partial charge >= 0.3 is 0 Å². The Morgan fingerprint density at radius 3 is 2.61 bits per heavy atom. The minimum Gasteiger partial charge on any atom is -0.350 e. The number of halogens is 2. The van der Waals surface area contributed by atoms with Gasteiger partial charge in [-0.25, -0.2) is 18.7 Å². The molecule has 0 saturated heterocycles. The van der Waals surface area contributed by atoms with Crippen LogP contribution in [0, 0.1) is 24.5 Å². The lowest BCUT2D eigenvalue weighted by molar-refractivity contribution is 0.0943. The van der Waals surface area contributed by atoms with Crippen molar-refractivity contribution in [2.75, 3.05) is 11.9 Å². The zero-order valence-electron chi connectivity index (χ0n) is 13.2. The van der Waals surface area contributed by atoms with E-state index in [1.165, 1.54) is 12.1 Å². The van der Waals surface area contributed by atoms with Gasteiger partial charge in [-0.3, -0.25) is 4.79 Å². The predicted octanol–water partition coefficient (Wildman–Crippen LogP) is 3.19. The van der Waals surface area contributed by atoms with Crippen molar-refractivity contribution in [3.63, 3.8) is 0 Å². The second-order valence-electron chi connectivity index (χ2n) is 5.54. The summed E-state index contributed by atoms with van der Waals surface area (Å²) in [6.07, 6.45) is 0. The summed E-state index contributed by atoms with van der Waals surface area (Å²) in [6, 6.07) is 4.59. The molecule has 2 aromatic rings. The molecule has 0 atom stereocenters. The molecule has 23 heavy (non-hydrogen) atoms. The van der Waals surface area contributed by atoms with Crippen molar-refractivity contribution >= 4 is 17.4 Å². The maximum atomic E-state index is 13.7. The van der Waals surface area contributed by atoms with Gasteiger partial charge in [-0.1, -0.05) is 13.8 Å². The molecule has 0 spiro atoms. The van der Waals surface area contributed by atoms with Crippen molar-refractivity contribution in [2.45, 2.75) is 20.8 Å². The van der Waals surface area contributed by atoms with E-state index in [0.717, 1.165) is 12.1 Å². The molecule has 1 aromatic carbocycles. The summed E-state index contributed by atoms with van der Waals surface area (Å²) in [4.78, 5) is 20.2. The van der Waals surface area contributed by atoms with Gasteiger partial charge in [-0.15, -0.1) is 0 Å². The number of anilines is 2. The van der Waals surface area contributed by atoms with Crippen molar-refractivity contribution in [3.05, 3.63) is 47.4 Å². The summed E-state index contributed by atoms with van der Waals surface area (Å²) in [5, 5.41) is 5.48. The lowest BCUT2D eigenvalue weighted by atomic mass is 10.2. The monoisotopic (exact) mass is 320 g/mol. The molecule has 0 fully saturated rings. The summed E-state index contributed by atoms with van der Waals surface area (Å²) in [7, 11) is 0. The SMILES string of the molecule is Cc1nc(Nc2ccc(F)cc2F)cc(C(=O)NCC(C)C)n1. The van der Waals surface area contributed by atoms with E-state index in [1.54, 1.807) is 6.92 Å². The standard InChI is InChI=1S/C16H18F2N4O/c1-9(2)8-19-16(23)14-7-15(21-10(3)20-14)22-13-5-4-11(17)6-12(13)18/h4-7,9H,8H2,1-3H3,(H,19,23)(H,20,21,22). The number of aryl methyl sites for hydroxylation is 1. The molecule has 0 aliphatic heterocycles. The molecule has 0 aliphatic carbocycles. The Balaban J connectivity index is 2.21. The van der Waals surface area contributed by atoms with E-state index in [-0.39, 0.29) is 23.1 Å². The lowest BCUT2D eigenvalue weighted by Crippen LogP contribution is -2.28. The molecule has 0 unspecified atom stereocenters. The number of hydrogen-bond donors (Lipinski definition) is 2. The molecule has 1 amide bonds. The molecule has 0 bridgehead atoms. The smallest absolute Gasteiger partial charge is 0.270 e. The Morgan fingerprint density at radius 2 is 1.96 bits per heavy atom. The Kier molecular flexibility index (Phi) is 5.20. The molecule has 0 saturated carbocycles. The third kappa shape index (κ3) is 4.70. The van der Waals surface area contributed by atoms with E-state index in [4.69, 9.17) is 0 Å². The Labute approximate surface area is 133 Å². The topological polar surface area (TPSA) is 66.9 Å². The summed E-state index contributed by atoms with van der Waals surface area (Å²) in [5.41, 5.74) is 0.251. The van der Waals surface area contributed by atoms with E-state index in [1.807, 2.05) is 13.8 Å². The van der Waals surface area contributed by atoms with E-state index >= 15 is 0 Å². The maximum Gasteiger partial charge on any atom is 0.270 e. The Hall–Kier alpha value is -2.57. The van der Waals surface area contributed by atoms with Crippen LogP contribution in [0.25, 0.3) is 0 Å². The average molecular weight is 320 g/mol. The molecule has 122 valence electrons. The quantitative estimate of drug-likeness (QED) is 0.888. The van der Waals surface area contributed by atoms with Gasteiger partial charge < -0.3 is 10.6 Å². The largest absolute Gasteiger partial charge is 0.350 e. The zero-order valence-corrected chi connectivity index (χ0v) is 13.2. The van der Waals surface area contributed by atoms with Crippen LogP contribution < -0.4 is 10.6 Å². The fraction of sp³-hybridized carbons (Fsp3) is 0.312. The van der Waals surface area contributed by atoms with Crippen molar-refractivity contribution < 1.29 is 13.6 Å². The predicted molar refractivity (Wildman–Crippen MR) is 83.6 cm³/mol. The molecular formula is C16H18F2N4O. The van der Waals surface area contributed by atoms with Crippen molar-refractivity contribution in [3.8, 4) is 0 Å². The molecule has 0 aliphatic rings. The van der Waals surface area contributed by atoms with Crippen LogP contribution in [0.3, 0.4) is 0 Å². The minimum atomic E-state index is -0.743. The van der Waals surface area contributed by atoms with Gasteiger partial charge in [0.1, 0.15) is 29.0 Å². The van der Waals surface area contributed by atoms with Crippen LogP contribution in [0.15, 0.2) is 24.3 Å². The van der Waals surface area contributed by atoms with Crippen LogP contribution in [-0.4, -0.2) is 22.4 Å². The summed E-state index contributed by atoms with van der Waals surface area (Å²) < 4.78 is 26.6. The van der Waals surface area contributed by atoms with Gasteiger partial charge in [0.2, 0.25) is 0 Å². The first kappa shape index (κ1) is 16.8. The van der Waals surface area contributed by atoms with Crippen LogP contribution in [0.5, 0.6) is 0 Å². The van der Waals surface area contributed by atoms with Gasteiger partial charge in [-0.05, 0) is 25.0 Å². The third-order valence-electron chi connectivity index (χ3n) is 2.94. The van der Waals surface area contributed by atoms with Gasteiger partial charge in [0.15, 0.2) is 0 Å². The van der Waals surface area contributed by atoms with Crippen molar-refractivity contribution in [2.24, 2.45) is 5.92 Å². The third-order valence-corrected chi connectivity index (χ3v) is 2.94. The first-order valence-corrected chi connectivity index (χ1v) is 7.21. The molecule has 7 heteroatoms. The van der Waals surface area contributed by atoms with Crippen LogP contribution in [0.1, 0.15) is 30.2 Å². The summed E-state index contributed by atoms with van der Waals surface area (Å²) in [5.74, 6) is -0.794. The fourth-order valence-corrected chi connectivity index (χ4v) is 1.86. The normalized spacial score (nSPS) is 10.7. The van der Waals surface area contributed by atoms with Crippen LogP contribution in [0.4, 0.5) is 20.3 Å². The molecule has 1 aromatic heterocycles. The van der Waals surface area contributed by atoms with E-state index in [2.05, 4.69) is 20.6 Å². The molecule has 1 heterocycles. The number of nitrogens with zero attached hydrogens (tertiary/aromatic N) is 2. The zero-order chi connectivity index (χ0) is 17.0. The van der Waals surface area contributed by atoms with Gasteiger partial charge in [0.05, 0.1) is 5.69 Å². The highest BCUT2D eigenvalue weighted by molar-refractivity contribution is 5.93. The number of carbonyl (C=O) groups is 1. The Bertz CT molecular complexity index is 719. The number of amides is 1. The molecule has 2 rings (SSSR count). The van der Waals surface area contributed by atoms with E-state index in [9.17, 15) is 13.6 Å². The molecule has 0 radical (unpaired) electrons. The van der Waals surface area contributed by atoms with Gasteiger partial charge in [0, 0.05) is 18.7 Å². The maximum absolute atomic E-state index is 13.7. The van der Waals surface area contributed by atoms with Crippen LogP contribution >= 0.6 is 0 Å². The highest BCUT2D eigenvalue weighted by Gasteiger charge is 2.12. The summed E-state index contributed by atoms with van der Waals surface area (Å²) in [6.45, 7) is 6.12. The number of aromatic nitrogens is 2. The average Bonchev–Trinajstić information content (AvgIpc) is 2.47. The van der Waals surface area contributed by atoms with E-state index in [0.29, 0.717) is 18.3 Å². The number of rotatable bonds is 5. The first-order chi connectivity index (χ1) is 10.8. The molecule has 2 N–H and O–H groups in total. The molecular weight excluding hydrogens is 302 g/mol. The van der Waals surface area contributed by atoms with Crippen LogP contribution in [-0.2, 0) is 0 Å². The minimum absolute atomic E-state index is 0.0676.